The fourth-order valence-electron chi connectivity index (χ4n) is 0.966. The van der Waals surface area contributed by atoms with E-state index in [1.165, 1.54) is 6.07 Å². The van der Waals surface area contributed by atoms with E-state index in [1.54, 1.807) is 6.07 Å². The number of nitrogens with zero attached hydrogens (tertiary/aromatic N) is 3. The lowest BCUT2D eigenvalue weighted by molar-refractivity contribution is 0.552. The molecule has 15 heavy (non-hydrogen) atoms. The summed E-state index contributed by atoms with van der Waals surface area (Å²) < 4.78 is 34.5. The van der Waals surface area contributed by atoms with Crippen LogP contribution in [0, 0.1) is 3.57 Å². The Hall–Kier alpha value is -0.860. The van der Waals surface area contributed by atoms with Gasteiger partial charge in [0.1, 0.15) is 0 Å². The fraction of sp³-hybridized carbons (Fsp3) is 0.143. The molecule has 8 heteroatoms. The zero-order valence-corrected chi connectivity index (χ0v) is 10.2. The molecule has 0 aliphatic carbocycles. The average molecular weight is 341 g/mol. The Bertz CT molecular complexity index is 525. The van der Waals surface area contributed by atoms with Gasteiger partial charge in [0, 0.05) is 8.48 Å². The topological polar surface area (TPSA) is 82.9 Å². The summed E-state index contributed by atoms with van der Waals surface area (Å²) in [6, 6.07) is 3.96. The monoisotopic (exact) mass is 341 g/mol. The molecule has 0 heterocycles. The summed E-state index contributed by atoms with van der Waals surface area (Å²) in [4.78, 5) is 2.11. The highest BCUT2D eigenvalue weighted by molar-refractivity contribution is 14.1. The minimum Gasteiger partial charge on any atom is -0.189 e. The molecule has 0 aliphatic heterocycles. The van der Waals surface area contributed by atoms with Gasteiger partial charge in [0.05, 0.1) is 11.4 Å². The number of halogens is 2. The van der Waals surface area contributed by atoms with Gasteiger partial charge in [0.15, 0.2) is 0 Å². The molecule has 0 fully saturated rings. The molecule has 1 aromatic carbocycles. The van der Waals surface area contributed by atoms with Crippen LogP contribution in [0.1, 0.15) is 5.56 Å². The Morgan fingerprint density at radius 3 is 2.67 bits per heavy atom. The lowest BCUT2D eigenvalue weighted by atomic mass is 10.2. The van der Waals surface area contributed by atoms with Gasteiger partial charge in [-0.3, -0.25) is 0 Å². The molecule has 0 atom stereocenters. The Balaban J connectivity index is 3.22. The van der Waals surface area contributed by atoms with Gasteiger partial charge in [-0.05, 0) is 51.9 Å². The molecule has 0 saturated heterocycles. The van der Waals surface area contributed by atoms with Crippen molar-refractivity contribution < 1.29 is 12.3 Å². The maximum absolute atomic E-state index is 12.7. The molecule has 0 aliphatic rings. The van der Waals surface area contributed by atoms with Crippen LogP contribution in [-0.2, 0) is 16.8 Å². The zero-order valence-electron chi connectivity index (χ0n) is 7.26. The smallest absolute Gasteiger partial charge is 0.189 e. The molecular formula is C7H5FIN3O2S. The van der Waals surface area contributed by atoms with Gasteiger partial charge in [0.25, 0.3) is 0 Å². The van der Waals surface area contributed by atoms with Gasteiger partial charge >= 0.3 is 10.2 Å². The van der Waals surface area contributed by atoms with Crippen molar-refractivity contribution in [3.05, 3.63) is 37.8 Å². The van der Waals surface area contributed by atoms with E-state index < -0.39 is 15.1 Å². The SMILES string of the molecule is [N-]=[N+]=NCc1cc(I)cc(S(=O)(=O)F)c1. The van der Waals surface area contributed by atoms with Crippen molar-refractivity contribution in [2.45, 2.75) is 11.4 Å². The summed E-state index contributed by atoms with van der Waals surface area (Å²) in [6.45, 7) is -0.00411. The van der Waals surface area contributed by atoms with Crippen LogP contribution in [0.25, 0.3) is 10.4 Å². The second-order valence-corrected chi connectivity index (χ2v) is 5.21. The van der Waals surface area contributed by atoms with Crippen molar-refractivity contribution in [2.24, 2.45) is 5.11 Å². The largest absolute Gasteiger partial charge is 0.332 e. The van der Waals surface area contributed by atoms with E-state index in [-0.39, 0.29) is 6.54 Å². The van der Waals surface area contributed by atoms with E-state index in [1.807, 2.05) is 22.6 Å². The van der Waals surface area contributed by atoms with E-state index >= 15 is 0 Å². The molecule has 80 valence electrons. The molecule has 0 amide bonds. The first-order valence-corrected chi connectivity index (χ1v) is 6.14. The lowest BCUT2D eigenvalue weighted by Crippen LogP contribution is -1.95. The number of benzene rings is 1. The van der Waals surface area contributed by atoms with Crippen molar-refractivity contribution in [2.75, 3.05) is 0 Å². The Labute approximate surface area is 99.3 Å². The van der Waals surface area contributed by atoms with Crippen molar-refractivity contribution in [1.82, 2.24) is 0 Å². The molecule has 0 aromatic heterocycles. The molecule has 0 radical (unpaired) electrons. The first-order chi connectivity index (χ1) is 6.93. The highest BCUT2D eigenvalue weighted by Gasteiger charge is 2.13. The van der Waals surface area contributed by atoms with E-state index in [9.17, 15) is 12.3 Å². The molecule has 0 N–H and O–H groups in total. The van der Waals surface area contributed by atoms with Crippen LogP contribution in [0.4, 0.5) is 3.89 Å². The van der Waals surface area contributed by atoms with Crippen LogP contribution in [0.15, 0.2) is 28.2 Å². The average Bonchev–Trinajstić information content (AvgIpc) is 2.12. The summed E-state index contributed by atoms with van der Waals surface area (Å²) in [5.41, 5.74) is 8.54. The summed E-state index contributed by atoms with van der Waals surface area (Å²) in [6.07, 6.45) is 0. The van der Waals surface area contributed by atoms with Crippen LogP contribution in [0.5, 0.6) is 0 Å². The molecular weight excluding hydrogens is 336 g/mol. The van der Waals surface area contributed by atoms with Gasteiger partial charge < -0.3 is 0 Å². The Morgan fingerprint density at radius 1 is 1.47 bits per heavy atom. The summed E-state index contributed by atoms with van der Waals surface area (Å²) in [5, 5.41) is 3.27. The molecule has 5 nitrogen and oxygen atoms in total. The first kappa shape index (κ1) is 12.2. The third-order valence-electron chi connectivity index (χ3n) is 1.53. The number of hydrogen-bond acceptors (Lipinski definition) is 3. The van der Waals surface area contributed by atoms with Crippen molar-refractivity contribution >= 4 is 32.8 Å². The summed E-state index contributed by atoms with van der Waals surface area (Å²) in [5.74, 6) is 0. The predicted octanol–water partition coefficient (Wildman–Crippen LogP) is 2.76. The van der Waals surface area contributed by atoms with Crippen molar-refractivity contribution in [1.29, 1.82) is 0 Å². The number of rotatable bonds is 3. The van der Waals surface area contributed by atoms with Crippen LogP contribution in [0.2, 0.25) is 0 Å². The van der Waals surface area contributed by atoms with Gasteiger partial charge in [-0.2, -0.15) is 8.42 Å². The highest BCUT2D eigenvalue weighted by Crippen LogP contribution is 2.19. The quantitative estimate of drug-likeness (QED) is 0.278. The Kier molecular flexibility index (Phi) is 3.89. The molecule has 1 rings (SSSR count). The summed E-state index contributed by atoms with van der Waals surface area (Å²) >= 11 is 1.86. The second kappa shape index (κ2) is 4.77. The minimum absolute atomic E-state index is 0.00411. The van der Waals surface area contributed by atoms with Gasteiger partial charge in [-0.25, -0.2) is 0 Å². The molecule has 0 spiro atoms. The minimum atomic E-state index is -4.71. The van der Waals surface area contributed by atoms with Crippen LogP contribution >= 0.6 is 22.6 Å². The maximum atomic E-state index is 12.7. The van der Waals surface area contributed by atoms with Gasteiger partial charge in [-0.15, -0.1) is 3.89 Å². The van der Waals surface area contributed by atoms with Crippen LogP contribution < -0.4 is 0 Å². The zero-order chi connectivity index (χ0) is 11.5. The van der Waals surface area contributed by atoms with Crippen LogP contribution in [-0.4, -0.2) is 8.42 Å². The van der Waals surface area contributed by atoms with E-state index in [0.717, 1.165) is 6.07 Å². The maximum Gasteiger partial charge on any atom is 0.332 e. The van der Waals surface area contributed by atoms with Gasteiger partial charge in [-0.1, -0.05) is 5.11 Å². The number of azide groups is 1. The number of hydrogen-bond donors (Lipinski definition) is 0. The summed E-state index contributed by atoms with van der Waals surface area (Å²) in [7, 11) is -4.71. The second-order valence-electron chi connectivity index (χ2n) is 2.62. The standard InChI is InChI=1S/C7H5FIN3O2S/c8-15(13,14)7-2-5(4-11-12-10)1-6(9)3-7/h1-3H,4H2. The van der Waals surface area contributed by atoms with Gasteiger partial charge in [0.2, 0.25) is 0 Å². The Morgan fingerprint density at radius 2 is 2.13 bits per heavy atom. The third-order valence-corrected chi connectivity index (χ3v) is 2.95. The molecule has 1 aromatic rings. The molecule has 0 bridgehead atoms. The van der Waals surface area contributed by atoms with Crippen molar-refractivity contribution in [3.63, 3.8) is 0 Å². The molecule has 0 saturated carbocycles. The first-order valence-electron chi connectivity index (χ1n) is 3.68. The predicted molar refractivity (Wildman–Crippen MR) is 60.3 cm³/mol. The third kappa shape index (κ3) is 3.65. The highest BCUT2D eigenvalue weighted by atomic mass is 127. The van der Waals surface area contributed by atoms with Crippen LogP contribution in [0.3, 0.4) is 0 Å². The van der Waals surface area contributed by atoms with Crippen molar-refractivity contribution in [3.8, 4) is 0 Å². The normalized spacial score (nSPS) is 10.8. The molecule has 0 unspecified atom stereocenters. The van der Waals surface area contributed by atoms with E-state index in [0.29, 0.717) is 9.13 Å². The lowest BCUT2D eigenvalue weighted by Gasteiger charge is -2.00. The van der Waals surface area contributed by atoms with E-state index in [2.05, 4.69) is 10.0 Å². The fourth-order valence-corrected chi connectivity index (χ4v) is 2.47. The van der Waals surface area contributed by atoms with E-state index in [4.69, 9.17) is 5.53 Å².